The van der Waals surface area contributed by atoms with Crippen LogP contribution in [0, 0.1) is 0 Å². The number of carbonyl (C=O) groups excluding carboxylic acids is 1. The van der Waals surface area contributed by atoms with Gasteiger partial charge in [-0.1, -0.05) is 192 Å². The molecule has 7 atom stereocenters. The Labute approximate surface area is 413 Å². The van der Waals surface area contributed by atoms with Crippen LogP contribution in [-0.2, 0) is 14.3 Å². The van der Waals surface area contributed by atoms with E-state index >= 15 is 0 Å². The van der Waals surface area contributed by atoms with E-state index in [1.165, 1.54) is 19.3 Å². The van der Waals surface area contributed by atoms with Crippen molar-refractivity contribution in [2.24, 2.45) is 0 Å². The summed E-state index contributed by atoms with van der Waals surface area (Å²) in [5, 5.41) is 54.1. The maximum absolute atomic E-state index is 13.0. The summed E-state index contributed by atoms with van der Waals surface area (Å²) in [5.41, 5.74) is 0. The van der Waals surface area contributed by atoms with Crippen molar-refractivity contribution in [1.29, 1.82) is 0 Å². The van der Waals surface area contributed by atoms with Crippen LogP contribution in [0.3, 0.4) is 0 Å². The van der Waals surface area contributed by atoms with Gasteiger partial charge in [0.1, 0.15) is 24.4 Å². The van der Waals surface area contributed by atoms with E-state index in [4.69, 9.17) is 9.47 Å². The summed E-state index contributed by atoms with van der Waals surface area (Å²) >= 11 is 0. The van der Waals surface area contributed by atoms with Crippen LogP contribution >= 0.6 is 0 Å². The molecule has 1 amide bonds. The molecule has 0 aliphatic carbocycles. The van der Waals surface area contributed by atoms with Crippen LogP contribution in [0.2, 0.25) is 0 Å². The van der Waals surface area contributed by atoms with E-state index < -0.39 is 49.5 Å². The third-order valence-corrected chi connectivity index (χ3v) is 11.1. The molecule has 6 N–H and O–H groups in total. The molecule has 0 saturated carbocycles. The minimum atomic E-state index is -1.58. The van der Waals surface area contributed by atoms with Gasteiger partial charge in [0.25, 0.3) is 0 Å². The lowest BCUT2D eigenvalue weighted by molar-refractivity contribution is -0.302. The molecule has 1 heterocycles. The van der Waals surface area contributed by atoms with Gasteiger partial charge < -0.3 is 40.3 Å². The molecule has 0 aromatic rings. The molecule has 0 spiro atoms. The fraction of sp³-hybridized carbons (Fsp3) is 0.576. The fourth-order valence-corrected chi connectivity index (χ4v) is 7.07. The number of hydrogen-bond acceptors (Lipinski definition) is 8. The molecule has 0 radical (unpaired) electrons. The molecular formula is C59H93NO8. The third kappa shape index (κ3) is 36.1. The molecule has 1 aliphatic rings. The van der Waals surface area contributed by atoms with Crippen molar-refractivity contribution in [3.63, 3.8) is 0 Å². The van der Waals surface area contributed by atoms with Gasteiger partial charge >= 0.3 is 0 Å². The third-order valence-electron chi connectivity index (χ3n) is 11.1. The highest BCUT2D eigenvalue weighted by molar-refractivity contribution is 5.76. The Morgan fingerprint density at radius 3 is 1.35 bits per heavy atom. The zero-order valence-electron chi connectivity index (χ0n) is 42.0. The lowest BCUT2D eigenvalue weighted by Crippen LogP contribution is -2.60. The summed E-state index contributed by atoms with van der Waals surface area (Å²) in [6.07, 6.45) is 66.4. The van der Waals surface area contributed by atoms with Crippen molar-refractivity contribution in [3.05, 3.63) is 146 Å². The zero-order valence-corrected chi connectivity index (χ0v) is 42.0. The smallest absolute Gasteiger partial charge is 0.220 e. The van der Waals surface area contributed by atoms with Gasteiger partial charge in [0.2, 0.25) is 5.91 Å². The van der Waals surface area contributed by atoms with Gasteiger partial charge in [-0.3, -0.25) is 4.79 Å². The van der Waals surface area contributed by atoms with Crippen molar-refractivity contribution in [3.8, 4) is 0 Å². The van der Waals surface area contributed by atoms with Gasteiger partial charge in [-0.05, 0) is 109 Å². The normalized spacial score (nSPS) is 20.8. The van der Waals surface area contributed by atoms with Crippen LogP contribution in [-0.4, -0.2) is 87.5 Å². The summed E-state index contributed by atoms with van der Waals surface area (Å²) in [7, 11) is 0. The number of aliphatic hydroxyl groups is 5. The van der Waals surface area contributed by atoms with Crippen LogP contribution in [0.25, 0.3) is 0 Å². The molecule has 0 bridgehead atoms. The SMILES string of the molecule is CC/C=C\C/C=C\C/C=C\C/C=C\C/C=C\C/C=C\C/C=C\C/C=C\C/C=C\CCCCCCCCCC(=O)NC(COC1OC(CO)C(O)C(O)C1O)C(O)/C=C/CC/C=C/CC/C=C/CC. The first kappa shape index (κ1) is 62.1. The van der Waals surface area contributed by atoms with Crippen molar-refractivity contribution in [2.45, 2.75) is 204 Å². The number of hydrogen-bond donors (Lipinski definition) is 6. The Bertz CT molecular complexity index is 1560. The molecule has 0 aromatic heterocycles. The van der Waals surface area contributed by atoms with E-state index in [-0.39, 0.29) is 12.5 Å². The predicted octanol–water partition coefficient (Wildman–Crippen LogP) is 12.3. The predicted molar refractivity (Wildman–Crippen MR) is 285 cm³/mol. The van der Waals surface area contributed by atoms with Crippen molar-refractivity contribution in [2.75, 3.05) is 13.2 Å². The second-order valence-corrected chi connectivity index (χ2v) is 17.2. The monoisotopic (exact) mass is 944 g/mol. The molecular weight excluding hydrogens is 851 g/mol. The fourth-order valence-electron chi connectivity index (χ4n) is 7.07. The van der Waals surface area contributed by atoms with Crippen LogP contribution in [0.15, 0.2) is 146 Å². The summed E-state index contributed by atoms with van der Waals surface area (Å²) in [4.78, 5) is 13.0. The summed E-state index contributed by atoms with van der Waals surface area (Å²) in [6, 6.07) is -0.843. The standard InChI is InChI=1S/C59H93NO8/c1-3-5-7-9-11-13-15-16-17-18-19-20-21-22-23-24-25-26-27-28-29-30-31-32-33-34-35-36-37-38-39-41-43-45-47-49-55(63)60-52(51-67-59-58(66)57(65)56(64)54(50-61)68-59)53(62)48-46-44-42-40-14-12-10-8-6-4-2/h5-8,11,13-14,16-17,19-20,22-23,25-26,28-29,31-32,34-35,40,46,48,52-54,56-59,61-62,64-66H,3-4,9-10,12,15,18,21,24,27,30,33,36-39,41-45,47,49-51H2,1-2H3,(H,60,63)/b7-5-,8-6+,13-11-,17-16-,20-19-,23-22-,26-25-,29-28-,32-31-,35-34-,40-14+,48-46+. The van der Waals surface area contributed by atoms with Crippen molar-refractivity contribution < 1.29 is 39.8 Å². The quantitative estimate of drug-likeness (QED) is 0.0262. The first-order valence-corrected chi connectivity index (χ1v) is 26.1. The maximum Gasteiger partial charge on any atom is 0.220 e. The van der Waals surface area contributed by atoms with Crippen molar-refractivity contribution in [1.82, 2.24) is 5.32 Å². The van der Waals surface area contributed by atoms with E-state index in [0.29, 0.717) is 12.8 Å². The van der Waals surface area contributed by atoms with Crippen molar-refractivity contribution >= 4 is 5.91 Å². The van der Waals surface area contributed by atoms with Gasteiger partial charge in [0.15, 0.2) is 6.29 Å². The van der Waals surface area contributed by atoms with Gasteiger partial charge in [0.05, 0.1) is 25.4 Å². The molecule has 9 nitrogen and oxygen atoms in total. The molecule has 1 fully saturated rings. The number of rotatable bonds is 41. The number of allylic oxidation sites excluding steroid dienone is 23. The number of nitrogens with one attached hydrogen (secondary N) is 1. The molecule has 382 valence electrons. The lowest BCUT2D eigenvalue weighted by Gasteiger charge is -2.40. The average Bonchev–Trinajstić information content (AvgIpc) is 3.34. The molecule has 1 saturated heterocycles. The highest BCUT2D eigenvalue weighted by Gasteiger charge is 2.44. The van der Waals surface area contributed by atoms with Gasteiger partial charge in [-0.2, -0.15) is 0 Å². The van der Waals surface area contributed by atoms with Crippen LogP contribution in [0.1, 0.15) is 162 Å². The van der Waals surface area contributed by atoms with Gasteiger partial charge in [-0.15, -0.1) is 0 Å². The number of ether oxygens (including phenoxy) is 2. The van der Waals surface area contributed by atoms with E-state index in [2.05, 4.69) is 153 Å². The molecule has 9 heteroatoms. The minimum Gasteiger partial charge on any atom is -0.394 e. The Kier molecular flexibility index (Phi) is 42.7. The zero-order chi connectivity index (χ0) is 49.4. The largest absolute Gasteiger partial charge is 0.394 e. The van der Waals surface area contributed by atoms with Crippen LogP contribution in [0.5, 0.6) is 0 Å². The number of carbonyl (C=O) groups is 1. The van der Waals surface area contributed by atoms with Crippen LogP contribution < -0.4 is 5.32 Å². The Hall–Kier alpha value is -3.93. The Morgan fingerprint density at radius 2 is 0.882 bits per heavy atom. The number of unbranched alkanes of at least 4 members (excludes halogenated alkanes) is 9. The van der Waals surface area contributed by atoms with E-state index in [1.807, 2.05) is 6.08 Å². The molecule has 1 aliphatic heterocycles. The number of amides is 1. The molecule has 0 aromatic carbocycles. The van der Waals surface area contributed by atoms with Gasteiger partial charge in [0, 0.05) is 6.42 Å². The second-order valence-electron chi connectivity index (χ2n) is 17.2. The maximum atomic E-state index is 13.0. The molecule has 7 unspecified atom stereocenters. The molecule has 1 rings (SSSR count). The second kappa shape index (κ2) is 46.8. The Balaban J connectivity index is 2.20. The highest BCUT2D eigenvalue weighted by Crippen LogP contribution is 2.22. The summed E-state index contributed by atoms with van der Waals surface area (Å²) in [5.74, 6) is -0.213. The Morgan fingerprint density at radius 1 is 0.500 bits per heavy atom. The lowest BCUT2D eigenvalue weighted by atomic mass is 9.99. The van der Waals surface area contributed by atoms with Gasteiger partial charge in [-0.25, -0.2) is 0 Å². The van der Waals surface area contributed by atoms with E-state index in [0.717, 1.165) is 116 Å². The first-order valence-electron chi connectivity index (χ1n) is 26.1. The molecule has 68 heavy (non-hydrogen) atoms. The first-order chi connectivity index (χ1) is 33.3. The minimum absolute atomic E-state index is 0.213. The summed E-state index contributed by atoms with van der Waals surface area (Å²) in [6.45, 7) is 3.47. The topological polar surface area (TPSA) is 149 Å². The van der Waals surface area contributed by atoms with E-state index in [9.17, 15) is 30.3 Å². The summed E-state index contributed by atoms with van der Waals surface area (Å²) < 4.78 is 11.2. The van der Waals surface area contributed by atoms with Crippen LogP contribution in [0.4, 0.5) is 0 Å². The highest BCUT2D eigenvalue weighted by atomic mass is 16.7. The number of aliphatic hydroxyl groups excluding tert-OH is 5. The van der Waals surface area contributed by atoms with E-state index in [1.54, 1.807) is 6.08 Å². The average molecular weight is 944 g/mol.